The standard InChI is InChI=1S/C20H23N3O4S2/c1-12(2)19(20(24)22-14-6-5-7-15(10-14)27-4)23-29(25,26)16-8-9-17-18(11-16)28-13(3)21-17/h5-12,19,23H,1-4H3,(H,22,24). The van der Waals surface area contributed by atoms with Crippen LogP contribution in [-0.2, 0) is 14.8 Å². The molecule has 0 fully saturated rings. The van der Waals surface area contributed by atoms with E-state index in [4.69, 9.17) is 4.74 Å². The smallest absolute Gasteiger partial charge is 0.242 e. The highest BCUT2D eigenvalue weighted by atomic mass is 32.2. The van der Waals surface area contributed by atoms with Crippen LogP contribution in [0.25, 0.3) is 10.2 Å². The number of nitrogens with one attached hydrogen (secondary N) is 2. The summed E-state index contributed by atoms with van der Waals surface area (Å²) in [6.45, 7) is 5.44. The average Bonchev–Trinajstić information content (AvgIpc) is 3.05. The SMILES string of the molecule is COc1cccc(NC(=O)C(NS(=O)(=O)c2ccc3nc(C)sc3c2)C(C)C)c1. The molecule has 1 aromatic heterocycles. The molecule has 0 bridgehead atoms. The lowest BCUT2D eigenvalue weighted by Gasteiger charge is -2.22. The Labute approximate surface area is 174 Å². The largest absolute Gasteiger partial charge is 0.497 e. The molecule has 0 saturated carbocycles. The molecule has 0 aliphatic rings. The number of hydrogen-bond donors (Lipinski definition) is 2. The first-order valence-electron chi connectivity index (χ1n) is 9.04. The molecule has 2 aromatic carbocycles. The second-order valence-corrected chi connectivity index (χ2v) is 9.88. The van der Waals surface area contributed by atoms with Crippen molar-refractivity contribution >= 4 is 43.2 Å². The van der Waals surface area contributed by atoms with E-state index >= 15 is 0 Å². The summed E-state index contributed by atoms with van der Waals surface area (Å²) < 4.78 is 34.3. The lowest BCUT2D eigenvalue weighted by atomic mass is 10.0. The lowest BCUT2D eigenvalue weighted by molar-refractivity contribution is -0.118. The number of hydrogen-bond acceptors (Lipinski definition) is 6. The quantitative estimate of drug-likeness (QED) is 0.594. The molecule has 1 unspecified atom stereocenters. The van der Waals surface area contributed by atoms with E-state index in [1.165, 1.54) is 24.5 Å². The Morgan fingerprint density at radius 2 is 1.93 bits per heavy atom. The minimum absolute atomic E-state index is 0.105. The molecule has 2 N–H and O–H groups in total. The zero-order chi connectivity index (χ0) is 21.2. The second kappa shape index (κ2) is 8.48. The summed E-state index contributed by atoms with van der Waals surface area (Å²) in [6.07, 6.45) is 0. The van der Waals surface area contributed by atoms with Crippen LogP contribution in [0.3, 0.4) is 0 Å². The van der Waals surface area contributed by atoms with Crippen molar-refractivity contribution in [2.75, 3.05) is 12.4 Å². The fourth-order valence-corrected chi connectivity index (χ4v) is 5.15. The first-order valence-corrected chi connectivity index (χ1v) is 11.3. The van der Waals surface area contributed by atoms with E-state index in [1.54, 1.807) is 50.2 Å². The zero-order valence-corrected chi connectivity index (χ0v) is 18.2. The van der Waals surface area contributed by atoms with Crippen molar-refractivity contribution in [2.24, 2.45) is 5.92 Å². The zero-order valence-electron chi connectivity index (χ0n) is 16.6. The highest BCUT2D eigenvalue weighted by molar-refractivity contribution is 7.89. The Morgan fingerprint density at radius 3 is 2.62 bits per heavy atom. The number of fused-ring (bicyclic) bond motifs is 1. The third-order valence-corrected chi connectivity index (χ3v) is 6.72. The molecule has 3 rings (SSSR count). The van der Waals surface area contributed by atoms with Crippen LogP contribution in [0.5, 0.6) is 5.75 Å². The average molecular weight is 434 g/mol. The topological polar surface area (TPSA) is 97.4 Å². The summed E-state index contributed by atoms with van der Waals surface area (Å²) in [5, 5.41) is 3.61. The van der Waals surface area contributed by atoms with Crippen LogP contribution in [0, 0.1) is 12.8 Å². The van der Waals surface area contributed by atoms with Crippen molar-refractivity contribution < 1.29 is 17.9 Å². The van der Waals surface area contributed by atoms with Crippen molar-refractivity contribution in [3.8, 4) is 5.75 Å². The summed E-state index contributed by atoms with van der Waals surface area (Å²) >= 11 is 1.42. The number of aryl methyl sites for hydroxylation is 1. The number of thiazole rings is 1. The number of amides is 1. The van der Waals surface area contributed by atoms with E-state index in [0.29, 0.717) is 11.4 Å². The molecule has 0 saturated heterocycles. The normalized spacial score (nSPS) is 12.9. The van der Waals surface area contributed by atoms with Crippen molar-refractivity contribution in [1.29, 1.82) is 0 Å². The van der Waals surface area contributed by atoms with Gasteiger partial charge in [0.05, 0.1) is 27.2 Å². The van der Waals surface area contributed by atoms with Crippen LogP contribution in [0.1, 0.15) is 18.9 Å². The number of nitrogens with zero attached hydrogens (tertiary/aromatic N) is 1. The van der Waals surface area contributed by atoms with Gasteiger partial charge < -0.3 is 10.1 Å². The van der Waals surface area contributed by atoms with Crippen LogP contribution < -0.4 is 14.8 Å². The van der Waals surface area contributed by atoms with Crippen LogP contribution in [0.2, 0.25) is 0 Å². The van der Waals surface area contributed by atoms with Crippen molar-refractivity contribution in [2.45, 2.75) is 31.7 Å². The minimum atomic E-state index is -3.89. The van der Waals surface area contributed by atoms with Gasteiger partial charge >= 0.3 is 0 Å². The van der Waals surface area contributed by atoms with Gasteiger partial charge in [-0.2, -0.15) is 4.72 Å². The fourth-order valence-electron chi connectivity index (χ4n) is 2.84. The van der Waals surface area contributed by atoms with Crippen LogP contribution >= 0.6 is 11.3 Å². The van der Waals surface area contributed by atoms with E-state index in [2.05, 4.69) is 15.0 Å². The Bertz CT molecular complexity index is 1140. The first-order chi connectivity index (χ1) is 13.7. The number of carbonyl (C=O) groups excluding carboxylic acids is 1. The highest BCUT2D eigenvalue weighted by Gasteiger charge is 2.29. The maximum Gasteiger partial charge on any atom is 0.242 e. The maximum absolute atomic E-state index is 12.9. The number of carbonyl (C=O) groups is 1. The third-order valence-electron chi connectivity index (χ3n) is 4.35. The van der Waals surface area contributed by atoms with Crippen LogP contribution in [0.15, 0.2) is 47.4 Å². The van der Waals surface area contributed by atoms with Crippen molar-refractivity contribution in [3.05, 3.63) is 47.5 Å². The Hall–Kier alpha value is -2.49. The molecule has 1 atom stereocenters. The van der Waals surface area contributed by atoms with E-state index in [-0.39, 0.29) is 10.8 Å². The van der Waals surface area contributed by atoms with Gasteiger partial charge in [-0.05, 0) is 43.2 Å². The molecule has 0 spiro atoms. The number of anilines is 1. The molecule has 0 aliphatic carbocycles. The number of sulfonamides is 1. The molecule has 154 valence electrons. The van der Waals surface area contributed by atoms with Gasteiger partial charge in [0.15, 0.2) is 0 Å². The molecule has 29 heavy (non-hydrogen) atoms. The van der Waals surface area contributed by atoms with Crippen molar-refractivity contribution in [3.63, 3.8) is 0 Å². The highest BCUT2D eigenvalue weighted by Crippen LogP contribution is 2.25. The Morgan fingerprint density at radius 1 is 1.17 bits per heavy atom. The number of ether oxygens (including phenoxy) is 1. The predicted octanol–water partition coefficient (Wildman–Crippen LogP) is 3.55. The monoisotopic (exact) mass is 433 g/mol. The lowest BCUT2D eigenvalue weighted by Crippen LogP contribution is -2.47. The van der Waals surface area contributed by atoms with Gasteiger partial charge in [-0.1, -0.05) is 19.9 Å². The second-order valence-electron chi connectivity index (χ2n) is 6.93. The molecule has 7 nitrogen and oxygen atoms in total. The predicted molar refractivity (Wildman–Crippen MR) is 115 cm³/mol. The molecular weight excluding hydrogens is 410 g/mol. The van der Waals surface area contributed by atoms with Crippen molar-refractivity contribution in [1.82, 2.24) is 9.71 Å². The number of rotatable bonds is 7. The van der Waals surface area contributed by atoms with Crippen LogP contribution in [0.4, 0.5) is 5.69 Å². The van der Waals surface area contributed by atoms with Crippen LogP contribution in [-0.4, -0.2) is 32.5 Å². The number of aromatic nitrogens is 1. The molecule has 1 amide bonds. The molecule has 3 aromatic rings. The van der Waals surface area contributed by atoms with Gasteiger partial charge in [0.1, 0.15) is 11.8 Å². The molecule has 0 radical (unpaired) electrons. The summed E-state index contributed by atoms with van der Waals surface area (Å²) in [6, 6.07) is 10.7. The Kier molecular flexibility index (Phi) is 6.21. The maximum atomic E-state index is 12.9. The summed E-state index contributed by atoms with van der Waals surface area (Å²) in [5.41, 5.74) is 1.28. The van der Waals surface area contributed by atoms with Gasteiger partial charge in [-0.25, -0.2) is 13.4 Å². The fraction of sp³-hybridized carbons (Fsp3) is 0.300. The number of methoxy groups -OCH3 is 1. The van der Waals surface area contributed by atoms with Gasteiger partial charge in [0.2, 0.25) is 15.9 Å². The first kappa shape index (κ1) is 21.2. The third kappa shape index (κ3) is 4.92. The molecule has 0 aliphatic heterocycles. The van der Waals surface area contributed by atoms with Gasteiger partial charge in [0, 0.05) is 11.8 Å². The van der Waals surface area contributed by atoms with Gasteiger partial charge in [-0.3, -0.25) is 4.79 Å². The van der Waals surface area contributed by atoms with E-state index in [0.717, 1.165) is 15.2 Å². The van der Waals surface area contributed by atoms with Gasteiger partial charge in [0.25, 0.3) is 0 Å². The molecule has 1 heterocycles. The molecule has 9 heteroatoms. The van der Waals surface area contributed by atoms with Gasteiger partial charge in [-0.15, -0.1) is 11.3 Å². The summed E-state index contributed by atoms with van der Waals surface area (Å²) in [4.78, 5) is 17.2. The number of benzene rings is 2. The Balaban J connectivity index is 1.83. The summed E-state index contributed by atoms with van der Waals surface area (Å²) in [7, 11) is -2.36. The van der Waals surface area contributed by atoms with E-state index in [1.807, 2.05) is 6.92 Å². The van der Waals surface area contributed by atoms with E-state index in [9.17, 15) is 13.2 Å². The minimum Gasteiger partial charge on any atom is -0.497 e. The molecular formula is C20H23N3O4S2. The summed E-state index contributed by atoms with van der Waals surface area (Å²) in [5.74, 6) is -0.103. The van der Waals surface area contributed by atoms with E-state index < -0.39 is 22.0 Å².